The monoisotopic (exact) mass is 446 g/mol. The molecule has 0 amide bonds. The van der Waals surface area contributed by atoms with E-state index in [1.807, 2.05) is 0 Å². The van der Waals surface area contributed by atoms with Crippen molar-refractivity contribution in [2.75, 3.05) is 38.2 Å². The number of carbonyl (C=O) groups excluding carboxylic acids is 1. The topological polar surface area (TPSA) is 96.0 Å². The van der Waals surface area contributed by atoms with Crippen LogP contribution in [0.4, 0.5) is 10.2 Å². The van der Waals surface area contributed by atoms with Gasteiger partial charge in [-0.1, -0.05) is 11.6 Å². The number of aromatic nitrogens is 4. The smallest absolute Gasteiger partial charge is 0.183 e. The predicted molar refractivity (Wildman–Crippen MR) is 117 cm³/mol. The number of H-pyrrole nitrogens is 1. The van der Waals surface area contributed by atoms with Gasteiger partial charge in [-0.05, 0) is 26.0 Å². The van der Waals surface area contributed by atoms with Crippen LogP contribution >= 0.6 is 11.6 Å². The lowest BCUT2D eigenvalue weighted by atomic mass is 10.1. The van der Waals surface area contributed by atoms with E-state index in [4.69, 9.17) is 16.3 Å². The second kappa shape index (κ2) is 9.67. The first kappa shape index (κ1) is 21.6. The molecule has 4 rings (SSSR count). The van der Waals surface area contributed by atoms with E-state index in [-0.39, 0.29) is 11.6 Å². The normalized spacial score (nSPS) is 15.8. The number of aromatic amines is 1. The highest BCUT2D eigenvalue weighted by Crippen LogP contribution is 2.28. The van der Waals surface area contributed by atoms with E-state index in [1.54, 1.807) is 19.2 Å². The van der Waals surface area contributed by atoms with Gasteiger partial charge in [-0.3, -0.25) is 9.69 Å². The Hall–Kier alpha value is -2.62. The Morgan fingerprint density at radius 3 is 2.97 bits per heavy atom. The fraction of sp³-hybridized carbons (Fsp3) is 0.429. The standard InChI is InChI=1S/C21H24ClFN6O2/c1-13(18(30)3-2-4-29-5-7-31-8-6-29)27-21-17(23)12-26-20(28-21)16-11-25-19-15(16)9-14(22)10-24-19/h9-13H,2-8H2,1H3,(H,24,25)(H,26,27,28)/t13-/m0/s1. The molecular formula is C21H24ClFN6O2. The zero-order chi connectivity index (χ0) is 21.8. The molecule has 164 valence electrons. The first-order chi connectivity index (χ1) is 15.0. The lowest BCUT2D eigenvalue weighted by molar-refractivity contribution is -0.119. The second-order valence-corrected chi connectivity index (χ2v) is 7.97. The molecule has 4 heterocycles. The summed E-state index contributed by atoms with van der Waals surface area (Å²) < 4.78 is 19.7. The van der Waals surface area contributed by atoms with Gasteiger partial charge in [-0.15, -0.1) is 0 Å². The first-order valence-corrected chi connectivity index (χ1v) is 10.6. The maximum Gasteiger partial charge on any atom is 0.183 e. The number of pyridine rings is 1. The molecule has 1 atom stereocenters. The average molecular weight is 447 g/mol. The molecule has 1 aliphatic rings. The molecule has 0 saturated carbocycles. The van der Waals surface area contributed by atoms with Crippen LogP contribution in [-0.4, -0.2) is 69.5 Å². The summed E-state index contributed by atoms with van der Waals surface area (Å²) in [6.07, 6.45) is 5.50. The molecule has 0 aromatic carbocycles. The highest BCUT2D eigenvalue weighted by atomic mass is 35.5. The van der Waals surface area contributed by atoms with Crippen LogP contribution in [-0.2, 0) is 9.53 Å². The highest BCUT2D eigenvalue weighted by molar-refractivity contribution is 6.31. The molecule has 0 spiro atoms. The third-order valence-electron chi connectivity index (χ3n) is 5.32. The summed E-state index contributed by atoms with van der Waals surface area (Å²) >= 11 is 6.05. The Balaban J connectivity index is 1.42. The third kappa shape index (κ3) is 5.17. The summed E-state index contributed by atoms with van der Waals surface area (Å²) in [7, 11) is 0. The van der Waals surface area contributed by atoms with Gasteiger partial charge >= 0.3 is 0 Å². The number of ketones is 1. The van der Waals surface area contributed by atoms with Crippen molar-refractivity contribution >= 4 is 34.2 Å². The Kier molecular flexibility index (Phi) is 6.74. The number of carbonyl (C=O) groups is 1. The van der Waals surface area contributed by atoms with Crippen molar-refractivity contribution in [2.45, 2.75) is 25.8 Å². The number of Topliss-reactive ketones (excluding diaryl/α,β-unsaturated/α-hetero) is 1. The minimum atomic E-state index is -0.618. The van der Waals surface area contributed by atoms with Crippen LogP contribution in [0.15, 0.2) is 24.7 Å². The fourth-order valence-corrected chi connectivity index (χ4v) is 3.72. The Morgan fingerprint density at radius 2 is 2.16 bits per heavy atom. The van der Waals surface area contributed by atoms with Gasteiger partial charge in [0.25, 0.3) is 0 Å². The molecule has 3 aromatic heterocycles. The summed E-state index contributed by atoms with van der Waals surface area (Å²) in [4.78, 5) is 30.5. The quantitative estimate of drug-likeness (QED) is 0.548. The van der Waals surface area contributed by atoms with Crippen LogP contribution in [0.3, 0.4) is 0 Å². The molecule has 0 bridgehead atoms. The van der Waals surface area contributed by atoms with Crippen molar-refractivity contribution in [3.63, 3.8) is 0 Å². The van der Waals surface area contributed by atoms with Gasteiger partial charge in [-0.25, -0.2) is 19.3 Å². The van der Waals surface area contributed by atoms with E-state index in [0.717, 1.165) is 50.9 Å². The van der Waals surface area contributed by atoms with Gasteiger partial charge in [0.1, 0.15) is 5.65 Å². The van der Waals surface area contributed by atoms with E-state index in [1.165, 1.54) is 6.20 Å². The van der Waals surface area contributed by atoms with Gasteiger partial charge in [0, 0.05) is 42.9 Å². The van der Waals surface area contributed by atoms with E-state index in [0.29, 0.717) is 28.5 Å². The Bertz CT molecular complexity index is 1070. The number of rotatable bonds is 8. The number of anilines is 1. The van der Waals surface area contributed by atoms with Crippen LogP contribution in [0.25, 0.3) is 22.4 Å². The molecule has 1 saturated heterocycles. The maximum absolute atomic E-state index is 14.3. The summed E-state index contributed by atoms with van der Waals surface area (Å²) in [6, 6.07) is 1.18. The van der Waals surface area contributed by atoms with Crippen LogP contribution in [0.2, 0.25) is 5.02 Å². The van der Waals surface area contributed by atoms with Gasteiger partial charge in [0.2, 0.25) is 0 Å². The molecule has 8 nitrogen and oxygen atoms in total. The molecule has 0 unspecified atom stereocenters. The summed E-state index contributed by atoms with van der Waals surface area (Å²) in [5, 5.41) is 4.11. The zero-order valence-electron chi connectivity index (χ0n) is 17.2. The molecule has 0 radical (unpaired) electrons. The Labute approximate surface area is 184 Å². The maximum atomic E-state index is 14.3. The summed E-state index contributed by atoms with van der Waals surface area (Å²) in [6.45, 7) is 5.83. The van der Waals surface area contributed by atoms with Crippen LogP contribution < -0.4 is 5.32 Å². The van der Waals surface area contributed by atoms with Gasteiger partial charge < -0.3 is 15.0 Å². The van der Waals surface area contributed by atoms with E-state index >= 15 is 0 Å². The second-order valence-electron chi connectivity index (χ2n) is 7.53. The van der Waals surface area contributed by atoms with Gasteiger partial charge in [0.05, 0.1) is 30.5 Å². The number of hydrogen-bond donors (Lipinski definition) is 2. The number of nitrogens with one attached hydrogen (secondary N) is 2. The van der Waals surface area contributed by atoms with E-state index < -0.39 is 11.9 Å². The predicted octanol–water partition coefficient (Wildman–Crippen LogP) is 3.29. The number of morpholine rings is 1. The molecule has 1 aliphatic heterocycles. The van der Waals surface area contributed by atoms with Crippen molar-refractivity contribution in [3.05, 3.63) is 35.5 Å². The van der Waals surface area contributed by atoms with Crippen molar-refractivity contribution < 1.29 is 13.9 Å². The first-order valence-electron chi connectivity index (χ1n) is 10.3. The van der Waals surface area contributed by atoms with Gasteiger partial charge in [0.15, 0.2) is 23.2 Å². The van der Waals surface area contributed by atoms with E-state index in [2.05, 4.69) is 30.2 Å². The minimum Gasteiger partial charge on any atom is -0.379 e. The molecular weight excluding hydrogens is 423 g/mol. The SMILES string of the molecule is C[C@H](Nc1nc(-c2c[nH]c3ncc(Cl)cc23)ncc1F)C(=O)CCCN1CCOCC1. The number of hydrogen-bond acceptors (Lipinski definition) is 7. The number of halogens is 2. The molecule has 10 heteroatoms. The van der Waals surface area contributed by atoms with Crippen LogP contribution in [0.1, 0.15) is 19.8 Å². The number of ether oxygens (including phenoxy) is 1. The highest BCUT2D eigenvalue weighted by Gasteiger charge is 2.19. The van der Waals surface area contributed by atoms with Crippen molar-refractivity contribution in [3.8, 4) is 11.4 Å². The van der Waals surface area contributed by atoms with Crippen LogP contribution in [0, 0.1) is 5.82 Å². The zero-order valence-corrected chi connectivity index (χ0v) is 18.0. The Morgan fingerprint density at radius 1 is 1.35 bits per heavy atom. The van der Waals surface area contributed by atoms with E-state index in [9.17, 15) is 9.18 Å². The summed E-state index contributed by atoms with van der Waals surface area (Å²) in [5.41, 5.74) is 1.28. The lowest BCUT2D eigenvalue weighted by Crippen LogP contribution is -2.37. The van der Waals surface area contributed by atoms with Crippen molar-refractivity contribution in [2.24, 2.45) is 0 Å². The number of fused-ring (bicyclic) bond motifs is 1. The molecule has 1 fully saturated rings. The average Bonchev–Trinajstić information content (AvgIpc) is 3.19. The molecule has 3 aromatic rings. The van der Waals surface area contributed by atoms with Gasteiger partial charge in [-0.2, -0.15) is 0 Å². The fourth-order valence-electron chi connectivity index (χ4n) is 3.56. The lowest BCUT2D eigenvalue weighted by Gasteiger charge is -2.26. The number of nitrogens with zero attached hydrogens (tertiary/aromatic N) is 4. The van der Waals surface area contributed by atoms with Crippen LogP contribution in [0.5, 0.6) is 0 Å². The molecule has 2 N–H and O–H groups in total. The van der Waals surface area contributed by atoms with Crippen molar-refractivity contribution in [1.82, 2.24) is 24.8 Å². The minimum absolute atomic E-state index is 0.0101. The molecule has 0 aliphatic carbocycles. The van der Waals surface area contributed by atoms with Crippen molar-refractivity contribution in [1.29, 1.82) is 0 Å². The largest absolute Gasteiger partial charge is 0.379 e. The summed E-state index contributed by atoms with van der Waals surface area (Å²) in [5.74, 6) is -0.307. The molecule has 31 heavy (non-hydrogen) atoms. The third-order valence-corrected chi connectivity index (χ3v) is 5.53.